The van der Waals surface area contributed by atoms with Gasteiger partial charge in [0, 0.05) is 6.07 Å². The first-order chi connectivity index (χ1) is 7.75. The van der Waals surface area contributed by atoms with Gasteiger partial charge in [-0.1, -0.05) is 11.8 Å². The van der Waals surface area contributed by atoms with E-state index in [1.165, 1.54) is 6.26 Å². The third-order valence-corrected chi connectivity index (χ3v) is 2.42. The van der Waals surface area contributed by atoms with Crippen molar-refractivity contribution in [1.82, 2.24) is 9.55 Å². The Bertz CT molecular complexity index is 498. The molecule has 1 aromatic rings. The number of nitrogens with zero attached hydrogens (tertiary/aromatic N) is 2. The fourth-order valence-electron chi connectivity index (χ4n) is 1.07. The van der Waals surface area contributed by atoms with Gasteiger partial charge in [0.25, 0.3) is 5.56 Å². The first-order valence-electron chi connectivity index (χ1n) is 4.20. The molecule has 0 fully saturated rings. The predicted molar refractivity (Wildman–Crippen MR) is 52.9 cm³/mol. The van der Waals surface area contributed by atoms with Crippen LogP contribution in [0, 0.1) is 0 Å². The Labute approximate surface area is 97.3 Å². The fraction of sp³-hybridized carbons (Fsp3) is 0.375. The molecule has 1 heterocycles. The number of halogens is 3. The number of hydrogen-bond acceptors (Lipinski definition) is 4. The Morgan fingerprint density at radius 2 is 2.18 bits per heavy atom. The lowest BCUT2D eigenvalue weighted by Gasteiger charge is -2.11. The van der Waals surface area contributed by atoms with Gasteiger partial charge in [0.2, 0.25) is 0 Å². The second-order valence-electron chi connectivity index (χ2n) is 2.94. The third-order valence-electron chi connectivity index (χ3n) is 1.74. The van der Waals surface area contributed by atoms with E-state index in [-0.39, 0.29) is 11.2 Å². The Morgan fingerprint density at radius 1 is 1.59 bits per heavy atom. The number of carbonyl (C=O) groups is 1. The van der Waals surface area contributed by atoms with Gasteiger partial charge in [0.05, 0.1) is 0 Å². The molecule has 1 N–H and O–H groups in total. The first kappa shape index (κ1) is 13.6. The Kier molecular flexibility index (Phi) is 3.81. The van der Waals surface area contributed by atoms with Crippen molar-refractivity contribution in [3.63, 3.8) is 0 Å². The summed E-state index contributed by atoms with van der Waals surface area (Å²) in [4.78, 5) is 25.0. The molecule has 0 aliphatic rings. The van der Waals surface area contributed by atoms with Crippen LogP contribution in [-0.4, -0.2) is 26.9 Å². The summed E-state index contributed by atoms with van der Waals surface area (Å²) in [7, 11) is 0. The second kappa shape index (κ2) is 4.78. The van der Waals surface area contributed by atoms with Gasteiger partial charge in [-0.2, -0.15) is 13.2 Å². The van der Waals surface area contributed by atoms with E-state index in [0.29, 0.717) is 4.57 Å². The lowest BCUT2D eigenvalue weighted by Crippen LogP contribution is -2.28. The molecule has 0 saturated carbocycles. The van der Waals surface area contributed by atoms with Crippen molar-refractivity contribution in [2.75, 3.05) is 6.26 Å². The van der Waals surface area contributed by atoms with Crippen molar-refractivity contribution in [2.24, 2.45) is 0 Å². The molecule has 1 rings (SSSR count). The van der Waals surface area contributed by atoms with Crippen molar-refractivity contribution in [3.05, 3.63) is 22.1 Å². The summed E-state index contributed by atoms with van der Waals surface area (Å²) in [5.74, 6) is -1.33. The Morgan fingerprint density at radius 3 is 2.59 bits per heavy atom. The Hall–Kier alpha value is -1.51. The molecule has 0 amide bonds. The highest BCUT2D eigenvalue weighted by Crippen LogP contribution is 2.27. The first-order valence-corrected chi connectivity index (χ1v) is 5.43. The van der Waals surface area contributed by atoms with Gasteiger partial charge < -0.3 is 5.11 Å². The normalized spacial score (nSPS) is 11.5. The van der Waals surface area contributed by atoms with Crippen molar-refractivity contribution < 1.29 is 23.1 Å². The minimum Gasteiger partial charge on any atom is -0.480 e. The van der Waals surface area contributed by atoms with E-state index >= 15 is 0 Å². The molecule has 9 heteroatoms. The van der Waals surface area contributed by atoms with Crippen LogP contribution in [0.5, 0.6) is 0 Å². The molecule has 0 atom stereocenters. The summed E-state index contributed by atoms with van der Waals surface area (Å²) in [5.41, 5.74) is -2.37. The van der Waals surface area contributed by atoms with Crippen LogP contribution in [0.4, 0.5) is 13.2 Å². The molecule has 0 unspecified atom stereocenters. The van der Waals surface area contributed by atoms with Crippen molar-refractivity contribution in [3.8, 4) is 0 Å². The monoisotopic (exact) mass is 268 g/mol. The lowest BCUT2D eigenvalue weighted by molar-refractivity contribution is -0.141. The van der Waals surface area contributed by atoms with Crippen molar-refractivity contribution in [2.45, 2.75) is 17.9 Å². The fourth-order valence-corrected chi connectivity index (χ4v) is 1.63. The summed E-state index contributed by atoms with van der Waals surface area (Å²) in [5, 5.41) is 8.24. The van der Waals surface area contributed by atoms with Crippen LogP contribution in [0.25, 0.3) is 0 Å². The van der Waals surface area contributed by atoms with E-state index < -0.39 is 29.9 Å². The standard InChI is InChI=1S/C8H7F3N2O3S/c1-17-7-12-4(8(9,10)11)2-5(14)13(7)3-6(15)16/h2H,3H2,1H3,(H,15,16). The summed E-state index contributed by atoms with van der Waals surface area (Å²) >= 11 is 0.770. The number of alkyl halides is 3. The van der Waals surface area contributed by atoms with Gasteiger partial charge >= 0.3 is 12.1 Å². The molecule has 0 radical (unpaired) electrons. The topological polar surface area (TPSA) is 72.2 Å². The van der Waals surface area contributed by atoms with Crippen LogP contribution >= 0.6 is 11.8 Å². The van der Waals surface area contributed by atoms with E-state index in [1.807, 2.05) is 0 Å². The highest BCUT2D eigenvalue weighted by Gasteiger charge is 2.34. The number of hydrogen-bond donors (Lipinski definition) is 1. The van der Waals surface area contributed by atoms with Crippen LogP contribution in [0.3, 0.4) is 0 Å². The maximum Gasteiger partial charge on any atom is 0.433 e. The van der Waals surface area contributed by atoms with Crippen molar-refractivity contribution in [1.29, 1.82) is 0 Å². The van der Waals surface area contributed by atoms with Gasteiger partial charge in [-0.15, -0.1) is 0 Å². The van der Waals surface area contributed by atoms with E-state index in [1.54, 1.807) is 0 Å². The summed E-state index contributed by atoms with van der Waals surface area (Å²) < 4.78 is 37.7. The molecule has 17 heavy (non-hydrogen) atoms. The average Bonchev–Trinajstić information content (AvgIpc) is 2.18. The summed E-state index contributed by atoms with van der Waals surface area (Å²) in [6.07, 6.45) is -3.33. The smallest absolute Gasteiger partial charge is 0.433 e. The van der Waals surface area contributed by atoms with Gasteiger partial charge in [-0.25, -0.2) is 4.98 Å². The third kappa shape index (κ3) is 3.22. The minimum atomic E-state index is -4.73. The zero-order valence-electron chi connectivity index (χ0n) is 8.48. The van der Waals surface area contributed by atoms with Gasteiger partial charge in [0.1, 0.15) is 6.54 Å². The SMILES string of the molecule is CSc1nc(C(F)(F)F)cc(=O)n1CC(=O)O. The van der Waals surface area contributed by atoms with Crippen LogP contribution in [0.15, 0.2) is 16.0 Å². The number of carboxylic acid groups (broad SMARTS) is 1. The minimum absolute atomic E-state index is 0.280. The van der Waals surface area contributed by atoms with Crippen LogP contribution in [-0.2, 0) is 17.5 Å². The van der Waals surface area contributed by atoms with Gasteiger partial charge in [-0.3, -0.25) is 14.2 Å². The molecule has 0 saturated heterocycles. The molecular formula is C8H7F3N2O3S. The molecular weight excluding hydrogens is 261 g/mol. The van der Waals surface area contributed by atoms with E-state index in [4.69, 9.17) is 5.11 Å². The number of aromatic nitrogens is 2. The molecule has 0 bridgehead atoms. The number of aliphatic carboxylic acids is 1. The predicted octanol–water partition coefficient (Wildman–Crippen LogP) is 1.07. The van der Waals surface area contributed by atoms with Crippen molar-refractivity contribution >= 4 is 17.7 Å². The molecule has 0 aromatic carbocycles. The average molecular weight is 268 g/mol. The molecule has 5 nitrogen and oxygen atoms in total. The zero-order chi connectivity index (χ0) is 13.2. The molecule has 0 aliphatic carbocycles. The largest absolute Gasteiger partial charge is 0.480 e. The van der Waals surface area contributed by atoms with Crippen LogP contribution in [0.2, 0.25) is 0 Å². The maximum atomic E-state index is 12.3. The zero-order valence-corrected chi connectivity index (χ0v) is 9.30. The quantitative estimate of drug-likeness (QED) is 0.655. The Balaban J connectivity index is 3.36. The summed E-state index contributed by atoms with van der Waals surface area (Å²) in [6, 6.07) is 0.280. The highest BCUT2D eigenvalue weighted by atomic mass is 32.2. The van der Waals surface area contributed by atoms with Crippen LogP contribution in [0.1, 0.15) is 5.69 Å². The second-order valence-corrected chi connectivity index (χ2v) is 3.72. The number of rotatable bonds is 3. The number of carboxylic acids is 1. The van der Waals surface area contributed by atoms with E-state index in [2.05, 4.69) is 4.98 Å². The molecule has 94 valence electrons. The molecule has 0 aliphatic heterocycles. The van der Waals surface area contributed by atoms with Crippen LogP contribution < -0.4 is 5.56 Å². The highest BCUT2D eigenvalue weighted by molar-refractivity contribution is 7.98. The lowest BCUT2D eigenvalue weighted by atomic mass is 10.4. The van der Waals surface area contributed by atoms with Gasteiger partial charge in [-0.05, 0) is 6.26 Å². The summed E-state index contributed by atoms with van der Waals surface area (Å²) in [6.45, 7) is -0.722. The molecule has 1 aromatic heterocycles. The maximum absolute atomic E-state index is 12.3. The van der Waals surface area contributed by atoms with Gasteiger partial charge in [0.15, 0.2) is 10.9 Å². The van der Waals surface area contributed by atoms with E-state index in [0.717, 1.165) is 11.8 Å². The molecule has 0 spiro atoms. The number of thioether (sulfide) groups is 1. The van der Waals surface area contributed by atoms with E-state index in [9.17, 15) is 22.8 Å².